The predicted molar refractivity (Wildman–Crippen MR) is 51.7 cm³/mol. The van der Waals surface area contributed by atoms with Gasteiger partial charge in [0.05, 0.1) is 19.6 Å². The first-order valence-electron chi connectivity index (χ1n) is 4.38. The maximum Gasteiger partial charge on any atom is 0.368 e. The van der Waals surface area contributed by atoms with E-state index in [2.05, 4.69) is 9.72 Å². The van der Waals surface area contributed by atoms with Crippen LogP contribution in [0.2, 0.25) is 0 Å². The van der Waals surface area contributed by atoms with Crippen LogP contribution >= 0.6 is 0 Å². The fourth-order valence-corrected chi connectivity index (χ4v) is 1.28. The van der Waals surface area contributed by atoms with Crippen molar-refractivity contribution >= 4 is 5.82 Å². The van der Waals surface area contributed by atoms with Crippen molar-refractivity contribution < 1.29 is 18.4 Å². The molecule has 0 aliphatic carbocycles. The van der Waals surface area contributed by atoms with Gasteiger partial charge in [0.1, 0.15) is 5.56 Å². The van der Waals surface area contributed by atoms with E-state index in [4.69, 9.17) is 5.26 Å². The van der Waals surface area contributed by atoms with Crippen LogP contribution < -0.4 is 4.74 Å². The van der Waals surface area contributed by atoms with Crippen LogP contribution in [0.5, 0.6) is 5.88 Å². The van der Waals surface area contributed by atoms with Crippen LogP contribution in [0.25, 0.3) is 0 Å². The number of halogens is 2. The summed E-state index contributed by atoms with van der Waals surface area (Å²) in [6.07, 6.45) is -3.29. The molecular weight excluding hydrogens is 236 g/mol. The number of nitrogens with zero attached hydrogens (tertiary/aromatic N) is 3. The highest BCUT2D eigenvalue weighted by Crippen LogP contribution is 2.33. The van der Waals surface area contributed by atoms with Crippen molar-refractivity contribution in [2.75, 3.05) is 7.11 Å². The lowest BCUT2D eigenvalue weighted by Crippen LogP contribution is -2.04. The number of pyridine rings is 1. The first-order valence-corrected chi connectivity index (χ1v) is 4.38. The third-order valence-corrected chi connectivity index (χ3v) is 1.96. The molecular formula is C9H7F2N3O3. The van der Waals surface area contributed by atoms with E-state index in [0.717, 1.165) is 13.2 Å². The lowest BCUT2D eigenvalue weighted by atomic mass is 10.1. The van der Waals surface area contributed by atoms with Crippen molar-refractivity contribution in [1.29, 1.82) is 5.26 Å². The minimum absolute atomic E-state index is 0.152. The molecule has 0 spiro atoms. The maximum absolute atomic E-state index is 12.7. The SMILES string of the molecule is COc1nc([N+](=O)[O-])cc(CC#N)c1C(F)F. The van der Waals surface area contributed by atoms with Crippen molar-refractivity contribution in [3.8, 4) is 11.9 Å². The van der Waals surface area contributed by atoms with Gasteiger partial charge in [0, 0.05) is 11.1 Å². The number of rotatable bonds is 4. The molecule has 17 heavy (non-hydrogen) atoms. The van der Waals surface area contributed by atoms with Gasteiger partial charge in [-0.25, -0.2) is 8.78 Å². The Morgan fingerprint density at radius 3 is 2.76 bits per heavy atom. The molecule has 0 saturated carbocycles. The molecule has 0 radical (unpaired) electrons. The number of ether oxygens (including phenoxy) is 1. The zero-order chi connectivity index (χ0) is 13.0. The van der Waals surface area contributed by atoms with Gasteiger partial charge in [-0.05, 0) is 10.5 Å². The molecule has 90 valence electrons. The molecule has 1 heterocycles. The normalized spacial score (nSPS) is 10.1. The molecule has 0 amide bonds. The Morgan fingerprint density at radius 2 is 2.35 bits per heavy atom. The van der Waals surface area contributed by atoms with Gasteiger partial charge in [0.25, 0.3) is 6.43 Å². The monoisotopic (exact) mass is 243 g/mol. The summed E-state index contributed by atoms with van der Waals surface area (Å²) < 4.78 is 30.0. The standard InChI is InChI=1S/C9H7F2N3O3/c1-17-9-7(8(10)11)5(2-3-12)4-6(13-9)14(15)16/h4,8H,2H2,1H3. The summed E-state index contributed by atoms with van der Waals surface area (Å²) in [5, 5.41) is 19.0. The lowest BCUT2D eigenvalue weighted by Gasteiger charge is -2.07. The Bertz CT molecular complexity index is 485. The molecule has 0 fully saturated rings. The van der Waals surface area contributed by atoms with Gasteiger partial charge in [-0.1, -0.05) is 0 Å². The first-order chi connectivity index (χ1) is 8.01. The highest BCUT2D eigenvalue weighted by atomic mass is 19.3. The fourth-order valence-electron chi connectivity index (χ4n) is 1.28. The van der Waals surface area contributed by atoms with Gasteiger partial charge in [-0.2, -0.15) is 5.26 Å². The molecule has 1 aromatic rings. The van der Waals surface area contributed by atoms with E-state index >= 15 is 0 Å². The van der Waals surface area contributed by atoms with Gasteiger partial charge in [0.15, 0.2) is 0 Å². The molecule has 0 aliphatic heterocycles. The second kappa shape index (κ2) is 5.16. The molecule has 1 aromatic heterocycles. The molecule has 0 N–H and O–H groups in total. The summed E-state index contributed by atoms with van der Waals surface area (Å²) in [5.74, 6) is -1.16. The van der Waals surface area contributed by atoms with Gasteiger partial charge >= 0.3 is 11.7 Å². The summed E-state index contributed by atoms with van der Waals surface area (Å²) in [4.78, 5) is 13.0. The minimum Gasteiger partial charge on any atom is -0.462 e. The Labute approximate surface area is 94.6 Å². The molecule has 0 atom stereocenters. The number of alkyl halides is 2. The van der Waals surface area contributed by atoms with Crippen molar-refractivity contribution in [3.05, 3.63) is 27.3 Å². The molecule has 6 nitrogen and oxygen atoms in total. The Morgan fingerprint density at radius 1 is 1.71 bits per heavy atom. The number of nitriles is 1. The van der Waals surface area contributed by atoms with E-state index in [1.165, 1.54) is 0 Å². The molecule has 0 aromatic carbocycles. The van der Waals surface area contributed by atoms with Crippen LogP contribution in [0, 0.1) is 21.4 Å². The van der Waals surface area contributed by atoms with Gasteiger partial charge in [-0.3, -0.25) is 0 Å². The number of hydrogen-bond donors (Lipinski definition) is 0. The van der Waals surface area contributed by atoms with Gasteiger partial charge < -0.3 is 14.9 Å². The van der Waals surface area contributed by atoms with E-state index in [1.54, 1.807) is 6.07 Å². The molecule has 0 aliphatic rings. The Kier molecular flexibility index (Phi) is 3.87. The van der Waals surface area contributed by atoms with Crippen molar-refractivity contribution in [1.82, 2.24) is 4.98 Å². The zero-order valence-electron chi connectivity index (χ0n) is 8.68. The third-order valence-electron chi connectivity index (χ3n) is 1.96. The fraction of sp³-hybridized carbons (Fsp3) is 0.333. The number of aromatic nitrogens is 1. The topological polar surface area (TPSA) is 89.1 Å². The number of nitro groups is 1. The highest BCUT2D eigenvalue weighted by Gasteiger charge is 2.27. The van der Waals surface area contributed by atoms with E-state index in [1.807, 2.05) is 0 Å². The van der Waals surface area contributed by atoms with Crippen molar-refractivity contribution in [3.63, 3.8) is 0 Å². The zero-order valence-corrected chi connectivity index (χ0v) is 8.68. The minimum atomic E-state index is -2.92. The number of hydrogen-bond acceptors (Lipinski definition) is 5. The average Bonchev–Trinajstić information content (AvgIpc) is 2.27. The van der Waals surface area contributed by atoms with Crippen LogP contribution in [0.4, 0.5) is 14.6 Å². The van der Waals surface area contributed by atoms with Gasteiger partial charge in [0.2, 0.25) is 0 Å². The largest absolute Gasteiger partial charge is 0.462 e. The Balaban J connectivity index is 3.46. The third kappa shape index (κ3) is 2.63. The quantitative estimate of drug-likeness (QED) is 0.596. The molecule has 0 bridgehead atoms. The maximum atomic E-state index is 12.7. The van der Waals surface area contributed by atoms with Crippen LogP contribution in [0.15, 0.2) is 6.07 Å². The van der Waals surface area contributed by atoms with Crippen LogP contribution in [0.1, 0.15) is 17.6 Å². The number of methoxy groups -OCH3 is 1. The van der Waals surface area contributed by atoms with Crippen LogP contribution in [-0.4, -0.2) is 17.0 Å². The smallest absolute Gasteiger partial charge is 0.368 e. The Hall–Kier alpha value is -2.30. The summed E-state index contributed by atoms with van der Waals surface area (Å²) >= 11 is 0. The van der Waals surface area contributed by atoms with Crippen LogP contribution in [-0.2, 0) is 6.42 Å². The van der Waals surface area contributed by atoms with Crippen molar-refractivity contribution in [2.24, 2.45) is 0 Å². The summed E-state index contributed by atoms with van der Waals surface area (Å²) in [5.41, 5.74) is -0.735. The summed E-state index contributed by atoms with van der Waals surface area (Å²) in [6, 6.07) is 2.51. The van der Waals surface area contributed by atoms with E-state index in [0.29, 0.717) is 0 Å². The van der Waals surface area contributed by atoms with E-state index < -0.39 is 28.6 Å². The summed E-state index contributed by atoms with van der Waals surface area (Å²) in [6.45, 7) is 0. The summed E-state index contributed by atoms with van der Waals surface area (Å²) in [7, 11) is 1.08. The predicted octanol–water partition coefficient (Wildman–Crippen LogP) is 2.00. The molecule has 8 heteroatoms. The van der Waals surface area contributed by atoms with E-state index in [9.17, 15) is 18.9 Å². The first kappa shape index (κ1) is 12.8. The van der Waals surface area contributed by atoms with E-state index in [-0.39, 0.29) is 12.0 Å². The lowest BCUT2D eigenvalue weighted by molar-refractivity contribution is -0.389. The second-order valence-electron chi connectivity index (χ2n) is 2.96. The van der Waals surface area contributed by atoms with Crippen LogP contribution in [0.3, 0.4) is 0 Å². The molecule has 0 saturated heterocycles. The molecule has 1 rings (SSSR count). The molecule has 0 unspecified atom stereocenters. The van der Waals surface area contributed by atoms with Crippen molar-refractivity contribution in [2.45, 2.75) is 12.8 Å². The van der Waals surface area contributed by atoms with Gasteiger partial charge in [-0.15, -0.1) is 0 Å². The average molecular weight is 243 g/mol. The highest BCUT2D eigenvalue weighted by molar-refractivity contribution is 5.43. The second-order valence-corrected chi connectivity index (χ2v) is 2.96.